The normalized spacial score (nSPS) is 16.4. The Bertz CT molecular complexity index is 1120. The van der Waals surface area contributed by atoms with Gasteiger partial charge in [0.15, 0.2) is 11.5 Å². The van der Waals surface area contributed by atoms with Crippen molar-refractivity contribution in [2.24, 2.45) is 0 Å². The average molecular weight is 472 g/mol. The van der Waals surface area contributed by atoms with Gasteiger partial charge in [-0.2, -0.15) is 13.2 Å². The van der Waals surface area contributed by atoms with E-state index in [9.17, 15) is 22.8 Å². The topological polar surface area (TPSA) is 67.9 Å². The van der Waals surface area contributed by atoms with Crippen molar-refractivity contribution >= 4 is 17.5 Å². The number of nitrogens with one attached hydrogen (secondary N) is 1. The number of fused-ring (bicyclic) bond motifs is 1. The van der Waals surface area contributed by atoms with E-state index in [1.54, 1.807) is 12.1 Å². The first-order chi connectivity index (χ1) is 16.3. The van der Waals surface area contributed by atoms with Crippen LogP contribution in [0.5, 0.6) is 11.5 Å². The molecule has 1 heterocycles. The molecule has 1 N–H and O–H groups in total. The molecule has 1 saturated carbocycles. The van der Waals surface area contributed by atoms with Crippen LogP contribution in [-0.4, -0.2) is 24.6 Å². The molecule has 2 amide bonds. The molecule has 0 spiro atoms. The fourth-order valence-corrected chi connectivity index (χ4v) is 4.31. The van der Waals surface area contributed by atoms with Gasteiger partial charge in [0, 0.05) is 11.7 Å². The van der Waals surface area contributed by atoms with Gasteiger partial charge in [-0.3, -0.25) is 14.5 Å². The number of hydrogen-bond donors (Lipinski definition) is 1. The Morgan fingerprint density at radius 2 is 1.79 bits per heavy atom. The molecule has 34 heavy (non-hydrogen) atoms. The first-order valence-electron chi connectivity index (χ1n) is 10.9. The third kappa shape index (κ3) is 4.96. The predicted molar refractivity (Wildman–Crippen MR) is 118 cm³/mol. The zero-order chi connectivity index (χ0) is 24.3. The van der Waals surface area contributed by atoms with Crippen molar-refractivity contribution in [1.82, 2.24) is 5.32 Å². The van der Waals surface area contributed by atoms with Gasteiger partial charge in [0.1, 0.15) is 6.04 Å². The molecule has 0 bridgehead atoms. The molecular weight excluding hydrogens is 449 g/mol. The van der Waals surface area contributed by atoms with Crippen LogP contribution in [0.25, 0.3) is 0 Å². The van der Waals surface area contributed by atoms with Crippen LogP contribution in [0.2, 0.25) is 0 Å². The molecule has 2 aliphatic rings. The molecule has 9 heteroatoms. The van der Waals surface area contributed by atoms with Crippen molar-refractivity contribution in [2.45, 2.75) is 50.4 Å². The van der Waals surface area contributed by atoms with Crippen molar-refractivity contribution in [1.29, 1.82) is 0 Å². The van der Waals surface area contributed by atoms with E-state index < -0.39 is 29.6 Å². The summed E-state index contributed by atoms with van der Waals surface area (Å²) in [4.78, 5) is 27.4. The minimum atomic E-state index is -4.64. The van der Waals surface area contributed by atoms with Crippen LogP contribution in [0.1, 0.15) is 49.3 Å². The number of terminal acetylenes is 1. The monoisotopic (exact) mass is 472 g/mol. The van der Waals surface area contributed by atoms with Gasteiger partial charge in [-0.05, 0) is 54.7 Å². The number of rotatable bonds is 5. The minimum Gasteiger partial charge on any atom is -0.454 e. The lowest BCUT2D eigenvalue weighted by Crippen LogP contribution is -2.47. The molecule has 1 fully saturated rings. The molecule has 0 radical (unpaired) electrons. The molecule has 4 rings (SSSR count). The minimum absolute atomic E-state index is 0.00163. The van der Waals surface area contributed by atoms with E-state index in [1.807, 2.05) is 5.92 Å². The summed E-state index contributed by atoms with van der Waals surface area (Å²) in [5.74, 6) is 1.30. The second-order valence-corrected chi connectivity index (χ2v) is 8.23. The smallest absolute Gasteiger partial charge is 0.416 e. The van der Waals surface area contributed by atoms with Crippen LogP contribution in [-0.2, 0) is 15.8 Å². The number of amides is 2. The van der Waals surface area contributed by atoms with E-state index >= 15 is 0 Å². The Balaban J connectivity index is 1.79. The number of alkyl halides is 3. The second kappa shape index (κ2) is 9.67. The highest BCUT2D eigenvalue weighted by molar-refractivity contribution is 6.09. The quantitative estimate of drug-likeness (QED) is 0.647. The summed E-state index contributed by atoms with van der Waals surface area (Å²) in [7, 11) is 0. The highest BCUT2D eigenvalue weighted by Crippen LogP contribution is 2.38. The lowest BCUT2D eigenvalue weighted by Gasteiger charge is -2.32. The zero-order valence-corrected chi connectivity index (χ0v) is 18.2. The van der Waals surface area contributed by atoms with Crippen molar-refractivity contribution in [3.8, 4) is 23.8 Å². The number of hydrogen-bond acceptors (Lipinski definition) is 4. The molecule has 2 aromatic rings. The molecule has 2 aromatic carbocycles. The van der Waals surface area contributed by atoms with E-state index in [2.05, 4.69) is 5.32 Å². The maximum atomic E-state index is 13.6. The van der Waals surface area contributed by atoms with Gasteiger partial charge in [-0.15, -0.1) is 6.42 Å². The van der Waals surface area contributed by atoms with Gasteiger partial charge in [0.05, 0.1) is 5.56 Å². The van der Waals surface area contributed by atoms with Crippen molar-refractivity contribution in [3.05, 3.63) is 53.6 Å². The molecule has 1 atom stereocenters. The van der Waals surface area contributed by atoms with E-state index in [-0.39, 0.29) is 18.5 Å². The summed E-state index contributed by atoms with van der Waals surface area (Å²) >= 11 is 0. The summed E-state index contributed by atoms with van der Waals surface area (Å²) < 4.78 is 50.9. The van der Waals surface area contributed by atoms with Crippen molar-refractivity contribution < 1.29 is 32.2 Å². The molecule has 1 aliphatic heterocycles. The Kier molecular flexibility index (Phi) is 6.68. The zero-order valence-electron chi connectivity index (χ0n) is 18.2. The number of benzene rings is 2. The molecule has 1 unspecified atom stereocenters. The summed E-state index contributed by atoms with van der Waals surface area (Å²) in [5, 5.41) is 2.96. The van der Waals surface area contributed by atoms with E-state index in [0.29, 0.717) is 17.1 Å². The van der Waals surface area contributed by atoms with Gasteiger partial charge >= 0.3 is 12.1 Å². The third-order valence-electron chi connectivity index (χ3n) is 5.96. The summed E-state index contributed by atoms with van der Waals surface area (Å²) in [5.41, 5.74) is -0.769. The van der Waals surface area contributed by atoms with Crippen LogP contribution in [0.3, 0.4) is 0 Å². The first kappa shape index (κ1) is 23.5. The maximum Gasteiger partial charge on any atom is 0.416 e. The molecule has 1 aliphatic carbocycles. The van der Waals surface area contributed by atoms with E-state index in [0.717, 1.165) is 49.1 Å². The average Bonchev–Trinajstić information content (AvgIpc) is 3.30. The van der Waals surface area contributed by atoms with Crippen LogP contribution in [0.4, 0.5) is 18.9 Å². The molecular formula is C25H23F3N2O4. The van der Waals surface area contributed by atoms with Gasteiger partial charge < -0.3 is 14.8 Å². The number of halogens is 3. The Labute approximate surface area is 195 Å². The highest BCUT2D eigenvalue weighted by atomic mass is 19.4. The number of nitrogens with zero attached hydrogens (tertiary/aromatic N) is 1. The fraction of sp³-hybridized carbons (Fsp3) is 0.360. The van der Waals surface area contributed by atoms with Gasteiger partial charge in [0.25, 0.3) is 0 Å². The Morgan fingerprint density at radius 1 is 1.06 bits per heavy atom. The maximum absolute atomic E-state index is 13.6. The highest BCUT2D eigenvalue weighted by Gasteiger charge is 2.36. The van der Waals surface area contributed by atoms with E-state index in [1.165, 1.54) is 18.2 Å². The number of carbonyl (C=O) groups excluding carboxylic acids is 2. The largest absolute Gasteiger partial charge is 0.454 e. The van der Waals surface area contributed by atoms with Gasteiger partial charge in [-0.1, -0.05) is 31.4 Å². The van der Waals surface area contributed by atoms with Crippen molar-refractivity contribution in [3.63, 3.8) is 0 Å². The van der Waals surface area contributed by atoms with Crippen LogP contribution in [0, 0.1) is 12.3 Å². The number of carbonyl (C=O) groups is 2. The summed E-state index contributed by atoms with van der Waals surface area (Å²) in [6.45, 7) is -0.00163. The second-order valence-electron chi connectivity index (χ2n) is 8.23. The molecule has 0 saturated heterocycles. The van der Waals surface area contributed by atoms with E-state index in [4.69, 9.17) is 15.9 Å². The number of anilines is 1. The molecule has 6 nitrogen and oxygen atoms in total. The summed E-state index contributed by atoms with van der Waals surface area (Å²) in [6.07, 6.45) is 5.30. The first-order valence-corrected chi connectivity index (χ1v) is 10.9. The van der Waals surface area contributed by atoms with Crippen LogP contribution < -0.4 is 19.7 Å². The van der Waals surface area contributed by atoms with Crippen LogP contribution >= 0.6 is 0 Å². The molecule has 0 aromatic heterocycles. The third-order valence-corrected chi connectivity index (χ3v) is 5.96. The molecule has 178 valence electrons. The lowest BCUT2D eigenvalue weighted by molar-refractivity contribution is -0.137. The predicted octanol–water partition coefficient (Wildman–Crippen LogP) is 4.59. The van der Waals surface area contributed by atoms with Gasteiger partial charge in [-0.25, -0.2) is 0 Å². The van der Waals surface area contributed by atoms with Gasteiger partial charge in [0.2, 0.25) is 12.7 Å². The fourth-order valence-electron chi connectivity index (χ4n) is 4.31. The van der Waals surface area contributed by atoms with Crippen LogP contribution in [0.15, 0.2) is 42.5 Å². The Hall–Kier alpha value is -3.67. The number of ether oxygens (including phenoxy) is 2. The standard InChI is InChI=1S/C25H23F3N2O4/c1-2-22(31)30(19-10-6-7-17(14-19)25(26,27)28)23(24(32)29-18-8-4-3-5-9-18)16-11-12-20-21(13-16)34-15-33-20/h1,6-7,10-14,18,23H,3-5,8-9,15H2,(H,29,32). The SMILES string of the molecule is C#CC(=O)N(c1cccc(C(F)(F)F)c1)C(C(=O)NC1CCCCC1)c1ccc2c(c1)OCO2. The van der Waals surface area contributed by atoms with Crippen molar-refractivity contribution in [2.75, 3.05) is 11.7 Å². The Morgan fingerprint density at radius 3 is 2.50 bits per heavy atom. The lowest BCUT2D eigenvalue weighted by atomic mass is 9.94. The summed E-state index contributed by atoms with van der Waals surface area (Å²) in [6, 6.07) is 7.47.